The molecule has 0 amide bonds. The zero-order valence-electron chi connectivity index (χ0n) is 8.80. The van der Waals surface area contributed by atoms with Crippen LogP contribution in [0.1, 0.15) is 37.1 Å². The fourth-order valence-electron chi connectivity index (χ4n) is 1.52. The van der Waals surface area contributed by atoms with Gasteiger partial charge in [0.2, 0.25) is 0 Å². The van der Waals surface area contributed by atoms with Crippen LogP contribution in [-0.2, 0) is 6.42 Å². The van der Waals surface area contributed by atoms with E-state index in [-0.39, 0.29) is 0 Å². The largest absolute Gasteiger partial charge is 0.513 e. The van der Waals surface area contributed by atoms with Crippen molar-refractivity contribution < 1.29 is 5.11 Å². The molecule has 0 spiro atoms. The summed E-state index contributed by atoms with van der Waals surface area (Å²) in [5.41, 5.74) is 3.26. The van der Waals surface area contributed by atoms with Crippen molar-refractivity contribution in [3.8, 4) is 0 Å². The van der Waals surface area contributed by atoms with Crippen molar-refractivity contribution in [2.75, 3.05) is 0 Å². The fraction of sp³-hybridized carbons (Fsp3) is 0.333. The molecule has 0 fully saturated rings. The highest BCUT2D eigenvalue weighted by molar-refractivity contribution is 5.65. The summed E-state index contributed by atoms with van der Waals surface area (Å²) in [6, 6.07) is 0. The Hall–Kier alpha value is -1.44. The minimum atomic E-state index is 0.324. The summed E-state index contributed by atoms with van der Waals surface area (Å²) < 4.78 is 0. The summed E-state index contributed by atoms with van der Waals surface area (Å²) in [4.78, 5) is 3.14. The first-order chi connectivity index (χ1) is 6.69. The molecule has 0 saturated carbocycles. The number of aliphatic hydroxyl groups is 1. The maximum atomic E-state index is 9.25. The Labute approximate surface area is 85.0 Å². The van der Waals surface area contributed by atoms with Gasteiger partial charge in [-0.25, -0.2) is 0 Å². The fourth-order valence-corrected chi connectivity index (χ4v) is 1.52. The van der Waals surface area contributed by atoms with Crippen LogP contribution in [0.15, 0.2) is 18.5 Å². The van der Waals surface area contributed by atoms with Crippen LogP contribution in [-0.4, -0.2) is 10.1 Å². The number of aryl methyl sites for hydroxylation is 1. The van der Waals surface area contributed by atoms with Gasteiger partial charge < -0.3 is 10.1 Å². The molecule has 76 valence electrons. The molecule has 1 aromatic heterocycles. The molecule has 2 heteroatoms. The maximum absolute atomic E-state index is 9.25. The highest BCUT2D eigenvalue weighted by Crippen LogP contribution is 2.19. The number of nitrogens with one attached hydrogen (secondary N) is 1. The number of hydrogen-bond donors (Lipinski definition) is 2. The number of allylic oxidation sites excluding steroid dienone is 1. The van der Waals surface area contributed by atoms with Crippen LogP contribution in [0, 0.1) is 0 Å². The van der Waals surface area contributed by atoms with Gasteiger partial charge in [-0.1, -0.05) is 19.9 Å². The van der Waals surface area contributed by atoms with Gasteiger partial charge in [0.05, 0.1) is 5.76 Å². The van der Waals surface area contributed by atoms with E-state index in [0.717, 1.165) is 24.1 Å². The molecule has 14 heavy (non-hydrogen) atoms. The summed E-state index contributed by atoms with van der Waals surface area (Å²) >= 11 is 0. The van der Waals surface area contributed by atoms with Crippen LogP contribution in [0.25, 0.3) is 12.2 Å². The second-order valence-electron chi connectivity index (χ2n) is 3.38. The van der Waals surface area contributed by atoms with Crippen molar-refractivity contribution in [1.82, 2.24) is 4.98 Å². The smallest absolute Gasteiger partial charge is 0.0898 e. The Morgan fingerprint density at radius 3 is 2.86 bits per heavy atom. The second-order valence-corrected chi connectivity index (χ2v) is 3.38. The Bertz CT molecular complexity index is 343. The Morgan fingerprint density at radius 2 is 2.36 bits per heavy atom. The van der Waals surface area contributed by atoms with Crippen LogP contribution in [0.2, 0.25) is 0 Å². The third-order valence-electron chi connectivity index (χ3n) is 2.11. The maximum Gasteiger partial charge on any atom is 0.0898 e. The van der Waals surface area contributed by atoms with Gasteiger partial charge in [-0.2, -0.15) is 0 Å². The summed E-state index contributed by atoms with van der Waals surface area (Å²) in [7, 11) is 0. The Morgan fingerprint density at radius 1 is 1.64 bits per heavy atom. The van der Waals surface area contributed by atoms with Crippen molar-refractivity contribution in [1.29, 1.82) is 0 Å². The zero-order valence-corrected chi connectivity index (χ0v) is 8.80. The minimum absolute atomic E-state index is 0.324. The average molecular weight is 191 g/mol. The molecule has 0 aliphatic heterocycles. The van der Waals surface area contributed by atoms with E-state index in [4.69, 9.17) is 0 Å². The van der Waals surface area contributed by atoms with E-state index >= 15 is 0 Å². The van der Waals surface area contributed by atoms with Gasteiger partial charge in [0.25, 0.3) is 0 Å². The molecule has 0 radical (unpaired) electrons. The van der Waals surface area contributed by atoms with E-state index in [0.29, 0.717) is 5.76 Å². The summed E-state index contributed by atoms with van der Waals surface area (Å²) in [6.07, 6.45) is 7.64. The molecule has 0 aliphatic carbocycles. The normalized spacial score (nSPS) is 11.7. The summed E-state index contributed by atoms with van der Waals surface area (Å²) in [5.74, 6) is 0.324. The predicted molar refractivity (Wildman–Crippen MR) is 61.2 cm³/mol. The standard InChI is InChI=1S/C12H17NO/c1-4-6-10-8-13-12(5-2)11(10)7-9(3)14/h5,7-8,13-14H,2,4,6H2,1,3H3/b9-7+. The van der Waals surface area contributed by atoms with E-state index in [9.17, 15) is 5.11 Å². The first kappa shape index (κ1) is 10.6. The van der Waals surface area contributed by atoms with Crippen molar-refractivity contribution >= 4 is 12.2 Å². The van der Waals surface area contributed by atoms with Crippen molar-refractivity contribution in [3.63, 3.8) is 0 Å². The molecular weight excluding hydrogens is 174 g/mol. The molecule has 2 N–H and O–H groups in total. The van der Waals surface area contributed by atoms with Gasteiger partial charge >= 0.3 is 0 Å². The van der Waals surface area contributed by atoms with Crippen LogP contribution >= 0.6 is 0 Å². The number of aromatic nitrogens is 1. The van der Waals surface area contributed by atoms with Gasteiger partial charge in [-0.15, -0.1) is 0 Å². The molecule has 1 aromatic rings. The molecule has 0 aliphatic rings. The number of H-pyrrole nitrogens is 1. The number of rotatable bonds is 4. The predicted octanol–water partition coefficient (Wildman–Crippen LogP) is 3.53. The first-order valence-electron chi connectivity index (χ1n) is 4.89. The van der Waals surface area contributed by atoms with Crippen LogP contribution in [0.5, 0.6) is 0 Å². The number of aromatic amines is 1. The van der Waals surface area contributed by atoms with Gasteiger partial charge in [-0.05, 0) is 31.1 Å². The van der Waals surface area contributed by atoms with Crippen LogP contribution < -0.4 is 0 Å². The van der Waals surface area contributed by atoms with E-state index < -0.39 is 0 Å². The lowest BCUT2D eigenvalue weighted by atomic mass is 10.1. The molecular formula is C12H17NO. The lowest BCUT2D eigenvalue weighted by Gasteiger charge is -1.99. The van der Waals surface area contributed by atoms with Crippen molar-refractivity contribution in [2.45, 2.75) is 26.7 Å². The zero-order chi connectivity index (χ0) is 10.6. The minimum Gasteiger partial charge on any atom is -0.513 e. The lowest BCUT2D eigenvalue weighted by Crippen LogP contribution is -1.85. The average Bonchev–Trinajstić information content (AvgIpc) is 2.48. The van der Waals surface area contributed by atoms with Crippen molar-refractivity contribution in [3.05, 3.63) is 35.4 Å². The molecule has 1 heterocycles. The molecule has 1 rings (SSSR count). The Balaban J connectivity index is 3.12. The third kappa shape index (κ3) is 2.28. The molecule has 0 saturated heterocycles. The van der Waals surface area contributed by atoms with Gasteiger partial charge in [0, 0.05) is 17.5 Å². The monoisotopic (exact) mass is 191 g/mol. The van der Waals surface area contributed by atoms with Gasteiger partial charge in [0.1, 0.15) is 0 Å². The quantitative estimate of drug-likeness (QED) is 0.702. The second kappa shape index (κ2) is 4.70. The molecule has 0 bridgehead atoms. The topological polar surface area (TPSA) is 36.0 Å². The molecule has 0 atom stereocenters. The van der Waals surface area contributed by atoms with Gasteiger partial charge in [-0.3, -0.25) is 0 Å². The van der Waals surface area contributed by atoms with E-state index in [1.54, 1.807) is 19.1 Å². The van der Waals surface area contributed by atoms with E-state index in [1.807, 2.05) is 6.20 Å². The molecule has 2 nitrogen and oxygen atoms in total. The highest BCUT2D eigenvalue weighted by atomic mass is 16.3. The number of hydrogen-bond acceptors (Lipinski definition) is 1. The number of aliphatic hydroxyl groups excluding tert-OH is 1. The SMILES string of the molecule is C=Cc1[nH]cc(CCC)c1/C=C(\C)O. The van der Waals surface area contributed by atoms with Crippen LogP contribution in [0.3, 0.4) is 0 Å². The van der Waals surface area contributed by atoms with E-state index in [2.05, 4.69) is 18.5 Å². The van der Waals surface area contributed by atoms with Crippen molar-refractivity contribution in [2.24, 2.45) is 0 Å². The highest BCUT2D eigenvalue weighted by Gasteiger charge is 2.05. The van der Waals surface area contributed by atoms with E-state index in [1.165, 1.54) is 5.56 Å². The van der Waals surface area contributed by atoms with Crippen LogP contribution in [0.4, 0.5) is 0 Å². The molecule has 0 aromatic carbocycles. The van der Waals surface area contributed by atoms with Gasteiger partial charge in [0.15, 0.2) is 0 Å². The lowest BCUT2D eigenvalue weighted by molar-refractivity contribution is 0.420. The first-order valence-corrected chi connectivity index (χ1v) is 4.89. The summed E-state index contributed by atoms with van der Waals surface area (Å²) in [6.45, 7) is 7.55. The third-order valence-corrected chi connectivity index (χ3v) is 2.11. The Kier molecular flexibility index (Phi) is 3.57. The molecule has 0 unspecified atom stereocenters. The summed E-state index contributed by atoms with van der Waals surface area (Å²) in [5, 5.41) is 9.25.